The predicted octanol–water partition coefficient (Wildman–Crippen LogP) is 1.08. The second-order valence-corrected chi connectivity index (χ2v) is 4.80. The van der Waals surface area contributed by atoms with Crippen LogP contribution in [0.15, 0.2) is 38.2 Å². The molecule has 0 aliphatic carbocycles. The van der Waals surface area contributed by atoms with Crippen LogP contribution in [0.2, 0.25) is 0 Å². The highest BCUT2D eigenvalue weighted by atomic mass is 32.2. The summed E-state index contributed by atoms with van der Waals surface area (Å²) in [5.74, 6) is 0. The number of rotatable bonds is 8. The molecule has 0 aromatic rings. The van der Waals surface area contributed by atoms with Crippen molar-refractivity contribution in [1.29, 1.82) is 0 Å². The van der Waals surface area contributed by atoms with Gasteiger partial charge in [-0.1, -0.05) is 18.7 Å². The molecule has 0 heterocycles. The van der Waals surface area contributed by atoms with Gasteiger partial charge in [0, 0.05) is 0 Å². The van der Waals surface area contributed by atoms with Gasteiger partial charge in [-0.2, -0.15) is 12.6 Å². The summed E-state index contributed by atoms with van der Waals surface area (Å²) in [7, 11) is -3.29. The van der Waals surface area contributed by atoms with Gasteiger partial charge in [-0.05, 0) is 0 Å². The third-order valence-corrected chi connectivity index (χ3v) is 1.95. The van der Waals surface area contributed by atoms with Crippen molar-refractivity contribution in [2.75, 3.05) is 19.5 Å². The van der Waals surface area contributed by atoms with Gasteiger partial charge in [0.1, 0.15) is 0 Å². The maximum Gasteiger partial charge on any atom is 0.305 e. The zero-order valence-corrected chi connectivity index (χ0v) is 11.2. The van der Waals surface area contributed by atoms with E-state index in [0.717, 1.165) is 12.5 Å². The van der Waals surface area contributed by atoms with Crippen LogP contribution in [0.3, 0.4) is 0 Å². The van der Waals surface area contributed by atoms with E-state index in [9.17, 15) is 12.6 Å². The Bertz CT molecular complexity index is 332. The lowest BCUT2D eigenvalue weighted by Crippen LogP contribution is -2.01. The Balaban J connectivity index is 0. The molecule has 8 heteroatoms. The van der Waals surface area contributed by atoms with Crippen LogP contribution in [0.4, 0.5) is 0 Å². The predicted molar refractivity (Wildman–Crippen MR) is 66.6 cm³/mol. The topological polar surface area (TPSA) is 78.9 Å². The lowest BCUT2D eigenvalue weighted by molar-refractivity contribution is 0.289. The molecule has 0 aromatic carbocycles. The van der Waals surface area contributed by atoms with Gasteiger partial charge < -0.3 is 4.18 Å². The molecule has 0 saturated heterocycles. The third-order valence-electron chi connectivity index (χ3n) is 0.807. The van der Waals surface area contributed by atoms with Crippen molar-refractivity contribution in [3.05, 3.63) is 38.2 Å². The van der Waals surface area contributed by atoms with E-state index in [-0.39, 0.29) is 13.2 Å². The monoisotopic (exact) mass is 284 g/mol. The van der Waals surface area contributed by atoms with E-state index in [0.29, 0.717) is 0 Å². The first-order valence-electron chi connectivity index (χ1n) is 4.26. The minimum absolute atomic E-state index is 0.226. The van der Waals surface area contributed by atoms with Crippen molar-refractivity contribution >= 4 is 21.5 Å². The Morgan fingerprint density at radius 1 is 1.12 bits per heavy atom. The van der Waals surface area contributed by atoms with Gasteiger partial charge in [0.15, 0.2) is 0 Å². The lowest BCUT2D eigenvalue weighted by atomic mass is 10.7. The van der Waals surface area contributed by atoms with E-state index in [2.05, 4.69) is 32.3 Å². The van der Waals surface area contributed by atoms with E-state index in [4.69, 9.17) is 0 Å². The zero-order chi connectivity index (χ0) is 13.7. The highest BCUT2D eigenvalue weighted by molar-refractivity contribution is 7.86. The molecule has 0 unspecified atom stereocenters. The average molecular weight is 284 g/mol. The summed E-state index contributed by atoms with van der Waals surface area (Å²) >= 11 is -1.66. The quantitative estimate of drug-likeness (QED) is 0.377. The Labute approximate surface area is 105 Å². The van der Waals surface area contributed by atoms with Crippen LogP contribution in [-0.4, -0.2) is 32.1 Å². The summed E-state index contributed by atoms with van der Waals surface area (Å²) in [6.45, 7) is 10.3. The summed E-state index contributed by atoms with van der Waals surface area (Å²) in [4.78, 5) is 0. The first kappa shape index (κ1) is 18.4. The van der Waals surface area contributed by atoms with Gasteiger partial charge in [-0.15, -0.1) is 13.2 Å². The maximum absolute atomic E-state index is 10.5. The van der Waals surface area contributed by atoms with E-state index in [1.165, 1.54) is 12.2 Å². The van der Waals surface area contributed by atoms with Gasteiger partial charge in [-0.3, -0.25) is 8.37 Å². The van der Waals surface area contributed by atoms with E-state index in [1.54, 1.807) is 0 Å². The van der Waals surface area contributed by atoms with Crippen LogP contribution in [0.1, 0.15) is 0 Å². The van der Waals surface area contributed by atoms with Crippen molar-refractivity contribution < 1.29 is 25.2 Å². The van der Waals surface area contributed by atoms with Crippen LogP contribution in [0, 0.1) is 0 Å². The summed E-state index contributed by atoms with van der Waals surface area (Å²) in [5, 5.41) is 0. The van der Waals surface area contributed by atoms with Crippen molar-refractivity contribution in [3.8, 4) is 0 Å². The summed E-state index contributed by atoms with van der Waals surface area (Å²) in [6.07, 6.45) is 4.81. The van der Waals surface area contributed by atoms with Crippen LogP contribution in [-0.2, 0) is 34.0 Å². The number of hydrogen-bond donors (Lipinski definition) is 0. The molecule has 0 aliphatic heterocycles. The smallest absolute Gasteiger partial charge is 0.305 e. The van der Waals surface area contributed by atoms with Crippen molar-refractivity contribution in [2.45, 2.75) is 0 Å². The fourth-order valence-corrected chi connectivity index (χ4v) is 1.09. The fourth-order valence-electron chi connectivity index (χ4n) is 0.365. The molecule has 0 spiro atoms. The maximum atomic E-state index is 10.5. The van der Waals surface area contributed by atoms with Crippen LogP contribution in [0.25, 0.3) is 0 Å². The van der Waals surface area contributed by atoms with Crippen molar-refractivity contribution in [1.82, 2.24) is 0 Å². The Morgan fingerprint density at radius 3 is 1.71 bits per heavy atom. The Kier molecular flexibility index (Phi) is 12.5. The molecule has 0 fully saturated rings. The molecule has 0 radical (unpaired) electrons. The lowest BCUT2D eigenvalue weighted by Gasteiger charge is -1.96. The summed E-state index contributed by atoms with van der Waals surface area (Å²) < 4.78 is 43.5. The van der Waals surface area contributed by atoms with Crippen LogP contribution >= 0.6 is 0 Å². The molecule has 6 nitrogen and oxygen atoms in total. The number of hydrogen-bond acceptors (Lipinski definition) is 6. The van der Waals surface area contributed by atoms with Crippen molar-refractivity contribution in [3.63, 3.8) is 0 Å². The highest BCUT2D eigenvalue weighted by Crippen LogP contribution is 1.88. The zero-order valence-electron chi connectivity index (χ0n) is 9.53. The normalized spacial score (nSPS) is 10.0. The third kappa shape index (κ3) is 21.0. The molecule has 100 valence electrons. The molecule has 0 amide bonds. The first-order valence-corrected chi connectivity index (χ1v) is 7.08. The van der Waals surface area contributed by atoms with Crippen LogP contribution < -0.4 is 0 Å². The molecule has 0 rings (SSSR count). The minimum atomic E-state index is -3.29. The van der Waals surface area contributed by atoms with E-state index >= 15 is 0 Å². The first-order chi connectivity index (χ1) is 7.87. The van der Waals surface area contributed by atoms with Gasteiger partial charge >= 0.3 is 21.5 Å². The molecule has 17 heavy (non-hydrogen) atoms. The second kappa shape index (κ2) is 11.5. The molecular weight excluding hydrogens is 268 g/mol. The summed E-state index contributed by atoms with van der Waals surface area (Å²) in [6, 6.07) is 0. The highest BCUT2D eigenvalue weighted by Gasteiger charge is 1.95. The largest absolute Gasteiger partial charge is 0.391 e. The van der Waals surface area contributed by atoms with Gasteiger partial charge in [0.2, 0.25) is 0 Å². The van der Waals surface area contributed by atoms with Gasteiger partial charge in [0.25, 0.3) is 0 Å². The molecular formula is C9H16O6S2. The second-order valence-electron chi connectivity index (χ2n) is 2.32. The minimum Gasteiger partial charge on any atom is -0.391 e. The van der Waals surface area contributed by atoms with Crippen LogP contribution in [0.5, 0.6) is 0 Å². The Hall–Kier alpha value is -0.960. The molecule has 0 saturated carbocycles. The average Bonchev–Trinajstić information content (AvgIpc) is 2.22. The molecule has 0 aromatic heterocycles. The van der Waals surface area contributed by atoms with Gasteiger partial charge in [-0.25, -0.2) is 0 Å². The standard InChI is InChI=1S/C6H10O3S.C3H6O3S/c1-3-5-8-10(7)9-6-4-2;1-3-6-7(2,4)5/h3-4H,1-2,5-6H2;3H,1H2,2H3. The summed E-state index contributed by atoms with van der Waals surface area (Å²) in [5.41, 5.74) is 0. The van der Waals surface area contributed by atoms with Gasteiger partial charge in [0.05, 0.1) is 25.7 Å². The Morgan fingerprint density at radius 2 is 1.53 bits per heavy atom. The molecule has 0 N–H and O–H groups in total. The molecule has 0 aliphatic rings. The van der Waals surface area contributed by atoms with E-state index in [1.807, 2.05) is 0 Å². The SMILES string of the molecule is C=CCOS(=O)OCC=C.C=COS(C)(=O)=O. The fraction of sp³-hybridized carbons (Fsp3) is 0.333. The molecule has 0 atom stereocenters. The molecule has 0 bridgehead atoms. The van der Waals surface area contributed by atoms with E-state index < -0.39 is 21.5 Å². The van der Waals surface area contributed by atoms with Crippen molar-refractivity contribution in [2.24, 2.45) is 0 Å².